The monoisotopic (exact) mass is 166 g/mol. The van der Waals surface area contributed by atoms with Crippen LogP contribution in [0.5, 0.6) is 0 Å². The van der Waals surface area contributed by atoms with Crippen molar-refractivity contribution in [2.24, 2.45) is 0 Å². The second-order valence-electron chi connectivity index (χ2n) is 1.93. The van der Waals surface area contributed by atoms with Gasteiger partial charge in [0.2, 0.25) is 5.95 Å². The predicted octanol–water partition coefficient (Wildman–Crippen LogP) is 2.43. The van der Waals surface area contributed by atoms with Gasteiger partial charge in [0.15, 0.2) is 0 Å². The molecule has 0 radical (unpaired) electrons. The molecule has 0 aromatic carbocycles. The summed E-state index contributed by atoms with van der Waals surface area (Å²) in [6, 6.07) is 3.13. The molecule has 2 nitrogen and oxygen atoms in total. The number of aryl methyl sites for hydroxylation is 1. The molecule has 0 atom stereocenters. The van der Waals surface area contributed by atoms with Crippen molar-refractivity contribution >= 4 is 0 Å². The van der Waals surface area contributed by atoms with Gasteiger partial charge < -0.3 is 0 Å². The largest absolute Gasteiger partial charge is 0.227 e. The zero-order chi connectivity index (χ0) is 9.56. The average Bonchev–Trinajstić information content (AvgIpc) is 2.08. The van der Waals surface area contributed by atoms with Crippen molar-refractivity contribution in [3.63, 3.8) is 0 Å². The molecular weight excluding hydrogens is 155 g/mol. The topological polar surface area (TPSA) is 36.7 Å². The third kappa shape index (κ3) is 2.67. The molecule has 1 aromatic rings. The second kappa shape index (κ2) is 5.25. The maximum atomic E-state index is 12.3. The van der Waals surface area contributed by atoms with Gasteiger partial charge in [-0.1, -0.05) is 13.8 Å². The van der Waals surface area contributed by atoms with E-state index in [9.17, 15) is 4.39 Å². The smallest absolute Gasteiger partial charge is 0.213 e. The van der Waals surface area contributed by atoms with E-state index in [-0.39, 0.29) is 0 Å². The number of nitriles is 1. The highest BCUT2D eigenvalue weighted by molar-refractivity contribution is 5.33. The van der Waals surface area contributed by atoms with Crippen LogP contribution in [0.1, 0.15) is 25.0 Å². The Hall–Kier alpha value is -1.43. The summed E-state index contributed by atoms with van der Waals surface area (Å²) in [6.07, 6.45) is 1.23. The molecule has 0 spiro atoms. The van der Waals surface area contributed by atoms with Crippen LogP contribution >= 0.6 is 0 Å². The molecule has 0 bridgehead atoms. The molecule has 0 aliphatic carbocycles. The van der Waals surface area contributed by atoms with Crippen LogP contribution in [-0.2, 0) is 0 Å². The van der Waals surface area contributed by atoms with E-state index in [0.29, 0.717) is 11.1 Å². The number of halogens is 1. The molecular formula is C9H11FN2. The summed E-state index contributed by atoms with van der Waals surface area (Å²) < 4.78 is 12.3. The van der Waals surface area contributed by atoms with Crippen LogP contribution < -0.4 is 0 Å². The standard InChI is InChI=1S/C7H5FN2.C2H6/c1-5-2-7(8)10-4-6(5)3-9;1-2/h2,4H,1H3;1-2H3. The Balaban J connectivity index is 0.000000561. The zero-order valence-electron chi connectivity index (χ0n) is 7.43. The van der Waals surface area contributed by atoms with Crippen molar-refractivity contribution in [1.82, 2.24) is 4.98 Å². The summed E-state index contributed by atoms with van der Waals surface area (Å²) in [5, 5.41) is 8.40. The minimum absolute atomic E-state index is 0.418. The highest BCUT2D eigenvalue weighted by atomic mass is 19.1. The lowest BCUT2D eigenvalue weighted by Gasteiger charge is -1.92. The van der Waals surface area contributed by atoms with E-state index in [2.05, 4.69) is 4.98 Å². The van der Waals surface area contributed by atoms with Gasteiger partial charge in [-0.25, -0.2) is 4.98 Å². The Morgan fingerprint density at radius 2 is 2.08 bits per heavy atom. The first-order valence-corrected chi connectivity index (χ1v) is 3.76. The fourth-order valence-corrected chi connectivity index (χ4v) is 0.639. The van der Waals surface area contributed by atoms with E-state index in [1.165, 1.54) is 12.3 Å². The van der Waals surface area contributed by atoms with Crippen LogP contribution in [0.2, 0.25) is 0 Å². The van der Waals surface area contributed by atoms with E-state index in [4.69, 9.17) is 5.26 Å². The number of aromatic nitrogens is 1. The first-order valence-electron chi connectivity index (χ1n) is 3.76. The molecule has 0 aliphatic rings. The molecule has 3 heteroatoms. The third-order valence-electron chi connectivity index (χ3n) is 1.20. The number of nitrogens with zero attached hydrogens (tertiary/aromatic N) is 2. The molecule has 0 N–H and O–H groups in total. The maximum absolute atomic E-state index is 12.3. The number of rotatable bonds is 0. The minimum Gasteiger partial charge on any atom is -0.227 e. The maximum Gasteiger partial charge on any atom is 0.213 e. The lowest BCUT2D eigenvalue weighted by molar-refractivity contribution is 0.582. The summed E-state index contributed by atoms with van der Waals surface area (Å²) in [5.74, 6) is -0.545. The van der Waals surface area contributed by atoms with Crippen LogP contribution in [0.15, 0.2) is 12.3 Å². The Bertz CT molecular complexity index is 289. The fraction of sp³-hybridized carbons (Fsp3) is 0.333. The van der Waals surface area contributed by atoms with Crippen molar-refractivity contribution in [1.29, 1.82) is 5.26 Å². The van der Waals surface area contributed by atoms with E-state index in [0.717, 1.165) is 0 Å². The van der Waals surface area contributed by atoms with Gasteiger partial charge >= 0.3 is 0 Å². The van der Waals surface area contributed by atoms with Crippen LogP contribution in [0.4, 0.5) is 4.39 Å². The molecule has 0 unspecified atom stereocenters. The van der Waals surface area contributed by atoms with Gasteiger partial charge in [-0.05, 0) is 18.6 Å². The normalized spacial score (nSPS) is 7.92. The van der Waals surface area contributed by atoms with Crippen molar-refractivity contribution in [2.45, 2.75) is 20.8 Å². The second-order valence-corrected chi connectivity index (χ2v) is 1.93. The van der Waals surface area contributed by atoms with Gasteiger partial charge in [0.25, 0.3) is 0 Å². The summed E-state index contributed by atoms with van der Waals surface area (Å²) in [5.41, 5.74) is 1.04. The van der Waals surface area contributed by atoms with Gasteiger partial charge in [0.05, 0.1) is 5.56 Å². The molecule has 1 aromatic heterocycles. The molecule has 0 saturated carbocycles. The van der Waals surface area contributed by atoms with Gasteiger partial charge in [-0.2, -0.15) is 9.65 Å². The molecule has 0 aliphatic heterocycles. The molecule has 0 saturated heterocycles. The van der Waals surface area contributed by atoms with Crippen LogP contribution in [0, 0.1) is 24.2 Å². The highest BCUT2D eigenvalue weighted by Gasteiger charge is 1.97. The Morgan fingerprint density at radius 3 is 2.50 bits per heavy atom. The van der Waals surface area contributed by atoms with Gasteiger partial charge in [-0.3, -0.25) is 0 Å². The van der Waals surface area contributed by atoms with Crippen LogP contribution in [0.3, 0.4) is 0 Å². The van der Waals surface area contributed by atoms with E-state index < -0.39 is 5.95 Å². The summed E-state index contributed by atoms with van der Waals surface area (Å²) >= 11 is 0. The van der Waals surface area contributed by atoms with Crippen molar-refractivity contribution in [3.05, 3.63) is 29.3 Å². The number of pyridine rings is 1. The fourth-order valence-electron chi connectivity index (χ4n) is 0.639. The summed E-state index contributed by atoms with van der Waals surface area (Å²) in [4.78, 5) is 3.32. The zero-order valence-corrected chi connectivity index (χ0v) is 7.43. The predicted molar refractivity (Wildman–Crippen MR) is 45.0 cm³/mol. The Kier molecular flexibility index (Phi) is 4.62. The van der Waals surface area contributed by atoms with Gasteiger partial charge in [0.1, 0.15) is 6.07 Å². The quantitative estimate of drug-likeness (QED) is 0.555. The van der Waals surface area contributed by atoms with E-state index >= 15 is 0 Å². The lowest BCUT2D eigenvalue weighted by Crippen LogP contribution is -1.87. The Morgan fingerprint density at radius 1 is 1.50 bits per heavy atom. The third-order valence-corrected chi connectivity index (χ3v) is 1.20. The Labute approximate surface area is 71.7 Å². The first kappa shape index (κ1) is 10.6. The van der Waals surface area contributed by atoms with Crippen molar-refractivity contribution < 1.29 is 4.39 Å². The van der Waals surface area contributed by atoms with Crippen LogP contribution in [-0.4, -0.2) is 4.98 Å². The molecule has 1 rings (SSSR count). The highest BCUT2D eigenvalue weighted by Crippen LogP contribution is 2.04. The SMILES string of the molecule is CC.Cc1cc(F)ncc1C#N. The van der Waals surface area contributed by atoms with Gasteiger partial charge in [0, 0.05) is 6.20 Å². The molecule has 12 heavy (non-hydrogen) atoms. The van der Waals surface area contributed by atoms with E-state index in [1.54, 1.807) is 6.92 Å². The van der Waals surface area contributed by atoms with Crippen LogP contribution in [0.25, 0.3) is 0 Å². The summed E-state index contributed by atoms with van der Waals surface area (Å²) in [6.45, 7) is 5.67. The molecule has 0 amide bonds. The van der Waals surface area contributed by atoms with Crippen molar-refractivity contribution in [3.8, 4) is 6.07 Å². The van der Waals surface area contributed by atoms with Crippen molar-refractivity contribution in [2.75, 3.05) is 0 Å². The first-order chi connectivity index (χ1) is 5.74. The average molecular weight is 166 g/mol. The minimum atomic E-state index is -0.545. The lowest BCUT2D eigenvalue weighted by atomic mass is 10.2. The molecule has 0 fully saturated rings. The summed E-state index contributed by atoms with van der Waals surface area (Å²) in [7, 11) is 0. The number of hydrogen-bond donors (Lipinski definition) is 0. The van der Waals surface area contributed by atoms with E-state index in [1.807, 2.05) is 19.9 Å². The van der Waals surface area contributed by atoms with Gasteiger partial charge in [-0.15, -0.1) is 0 Å². The number of hydrogen-bond acceptors (Lipinski definition) is 2. The molecule has 64 valence electrons. The molecule has 1 heterocycles.